The smallest absolute Gasteiger partial charge is 0.154 e. The quantitative estimate of drug-likeness (QED) is 0.793. The Morgan fingerprint density at radius 2 is 2.12 bits per heavy atom. The Hall–Kier alpha value is -1.67. The van der Waals surface area contributed by atoms with E-state index in [1.165, 1.54) is 6.92 Å². The van der Waals surface area contributed by atoms with Crippen LogP contribution in [0.5, 0.6) is 0 Å². The van der Waals surface area contributed by atoms with Gasteiger partial charge in [0.05, 0.1) is 23.1 Å². The molecule has 0 aliphatic rings. The van der Waals surface area contributed by atoms with Crippen LogP contribution in [0.3, 0.4) is 0 Å². The van der Waals surface area contributed by atoms with E-state index in [0.29, 0.717) is 11.1 Å². The molecule has 0 spiro atoms. The fourth-order valence-corrected chi connectivity index (χ4v) is 2.79. The summed E-state index contributed by atoms with van der Waals surface area (Å²) in [6.45, 7) is 1.37. The lowest BCUT2D eigenvalue weighted by Gasteiger charge is -2.03. The third kappa shape index (κ3) is 4.79. The first-order valence-electron chi connectivity index (χ1n) is 5.12. The molecule has 4 nitrogen and oxygen atoms in total. The maximum absolute atomic E-state index is 11.7. The van der Waals surface area contributed by atoms with Gasteiger partial charge in [0.25, 0.3) is 0 Å². The van der Waals surface area contributed by atoms with Gasteiger partial charge in [0.2, 0.25) is 0 Å². The Morgan fingerprint density at radius 1 is 1.41 bits per heavy atom. The molecule has 0 atom stereocenters. The molecule has 0 saturated carbocycles. The maximum Gasteiger partial charge on any atom is 0.154 e. The molecule has 0 aliphatic carbocycles. The average Bonchev–Trinajstić information content (AvgIpc) is 2.26. The summed E-state index contributed by atoms with van der Waals surface area (Å²) in [5, 5.41) is 8.69. The van der Waals surface area contributed by atoms with Gasteiger partial charge in [-0.15, -0.1) is 0 Å². The topological polar surface area (TPSA) is 75.0 Å². The van der Waals surface area contributed by atoms with Gasteiger partial charge in [-0.05, 0) is 24.6 Å². The molecule has 5 heteroatoms. The Morgan fingerprint density at radius 3 is 2.71 bits per heavy atom. The number of nitriles is 1. The first-order valence-corrected chi connectivity index (χ1v) is 6.94. The van der Waals surface area contributed by atoms with Crippen molar-refractivity contribution < 1.29 is 13.2 Å². The highest BCUT2D eigenvalue weighted by atomic mass is 32.2. The van der Waals surface area contributed by atoms with Crippen LogP contribution in [0, 0.1) is 11.3 Å². The summed E-state index contributed by atoms with van der Waals surface area (Å²) in [7, 11) is -3.28. The van der Waals surface area contributed by atoms with Gasteiger partial charge in [-0.2, -0.15) is 5.26 Å². The van der Waals surface area contributed by atoms with Crippen LogP contribution < -0.4 is 0 Å². The average molecular weight is 251 g/mol. The van der Waals surface area contributed by atoms with Crippen LogP contribution >= 0.6 is 0 Å². The molecular formula is C12H13NO3S. The zero-order valence-electron chi connectivity index (χ0n) is 9.51. The van der Waals surface area contributed by atoms with Crippen LogP contribution in [0.25, 0.3) is 0 Å². The van der Waals surface area contributed by atoms with Crippen molar-refractivity contribution in [3.8, 4) is 6.07 Å². The number of benzene rings is 1. The number of carbonyl (C=O) groups is 1. The van der Waals surface area contributed by atoms with Crippen molar-refractivity contribution in [2.45, 2.75) is 19.1 Å². The van der Waals surface area contributed by atoms with E-state index in [4.69, 9.17) is 5.26 Å². The van der Waals surface area contributed by atoms with E-state index in [1.807, 2.05) is 6.07 Å². The molecule has 0 amide bonds. The number of carbonyl (C=O) groups excluding carboxylic acids is 1. The molecule has 0 fully saturated rings. The minimum atomic E-state index is -3.28. The SMILES string of the molecule is CC(=O)CCS(=O)(=O)Cc1cccc(C#N)c1. The van der Waals surface area contributed by atoms with Gasteiger partial charge in [0, 0.05) is 6.42 Å². The van der Waals surface area contributed by atoms with Gasteiger partial charge in [-0.1, -0.05) is 12.1 Å². The highest BCUT2D eigenvalue weighted by Crippen LogP contribution is 2.10. The fraction of sp³-hybridized carbons (Fsp3) is 0.333. The number of hydrogen-bond acceptors (Lipinski definition) is 4. The summed E-state index contributed by atoms with van der Waals surface area (Å²) in [6.07, 6.45) is 0.0419. The highest BCUT2D eigenvalue weighted by Gasteiger charge is 2.13. The molecule has 0 heterocycles. The largest absolute Gasteiger partial charge is 0.300 e. The Kier molecular flexibility index (Phi) is 4.41. The Labute approximate surface area is 101 Å². The molecule has 1 aromatic carbocycles. The van der Waals surface area contributed by atoms with E-state index in [2.05, 4.69) is 0 Å². The molecule has 17 heavy (non-hydrogen) atoms. The Bertz CT molecular complexity index is 555. The minimum absolute atomic E-state index is 0.0419. The number of nitrogens with zero attached hydrogens (tertiary/aromatic N) is 1. The molecular weight excluding hydrogens is 238 g/mol. The summed E-state index contributed by atoms with van der Waals surface area (Å²) >= 11 is 0. The van der Waals surface area contributed by atoms with Crippen LogP contribution in [0.15, 0.2) is 24.3 Å². The molecule has 0 bridgehead atoms. The van der Waals surface area contributed by atoms with Crippen molar-refractivity contribution in [2.24, 2.45) is 0 Å². The van der Waals surface area contributed by atoms with Crippen molar-refractivity contribution >= 4 is 15.6 Å². The lowest BCUT2D eigenvalue weighted by atomic mass is 10.2. The summed E-state index contributed by atoms with van der Waals surface area (Å²) in [5.41, 5.74) is 1.01. The van der Waals surface area contributed by atoms with Crippen LogP contribution in [-0.4, -0.2) is 20.0 Å². The third-order valence-corrected chi connectivity index (χ3v) is 3.81. The molecule has 1 aromatic rings. The molecule has 0 saturated heterocycles. The summed E-state index contributed by atoms with van der Waals surface area (Å²) in [6, 6.07) is 8.42. The van der Waals surface area contributed by atoms with E-state index in [9.17, 15) is 13.2 Å². The van der Waals surface area contributed by atoms with E-state index < -0.39 is 9.84 Å². The number of Topliss-reactive ketones (excluding diaryl/α,β-unsaturated/α-hetero) is 1. The number of ketones is 1. The zero-order valence-corrected chi connectivity index (χ0v) is 10.3. The van der Waals surface area contributed by atoms with Crippen LogP contribution in [0.4, 0.5) is 0 Å². The van der Waals surface area contributed by atoms with Crippen molar-refractivity contribution in [3.63, 3.8) is 0 Å². The second-order valence-electron chi connectivity index (χ2n) is 3.86. The molecule has 0 radical (unpaired) electrons. The minimum Gasteiger partial charge on any atom is -0.300 e. The number of hydrogen-bond donors (Lipinski definition) is 0. The fourth-order valence-electron chi connectivity index (χ4n) is 1.36. The second-order valence-corrected chi connectivity index (χ2v) is 6.04. The predicted molar refractivity (Wildman–Crippen MR) is 63.9 cm³/mol. The van der Waals surface area contributed by atoms with Crippen LogP contribution in [0.1, 0.15) is 24.5 Å². The van der Waals surface area contributed by atoms with Crippen molar-refractivity contribution in [1.29, 1.82) is 5.26 Å². The zero-order chi connectivity index (χ0) is 12.9. The van der Waals surface area contributed by atoms with Crippen molar-refractivity contribution in [1.82, 2.24) is 0 Å². The second kappa shape index (κ2) is 5.60. The normalized spacial score (nSPS) is 10.8. The molecule has 0 unspecified atom stereocenters. The van der Waals surface area contributed by atoms with E-state index in [1.54, 1.807) is 24.3 Å². The first kappa shape index (κ1) is 13.4. The third-order valence-electron chi connectivity index (χ3n) is 2.21. The van der Waals surface area contributed by atoms with E-state index in [0.717, 1.165) is 0 Å². The lowest BCUT2D eigenvalue weighted by molar-refractivity contribution is -0.116. The monoisotopic (exact) mass is 251 g/mol. The molecule has 0 N–H and O–H groups in total. The van der Waals surface area contributed by atoms with Gasteiger partial charge in [-0.3, -0.25) is 4.79 Å². The summed E-state index contributed by atoms with van der Waals surface area (Å²) in [5.74, 6) is -0.408. The van der Waals surface area contributed by atoms with Crippen molar-refractivity contribution in [2.75, 3.05) is 5.75 Å². The van der Waals surface area contributed by atoms with Gasteiger partial charge in [0.1, 0.15) is 5.78 Å². The van der Waals surface area contributed by atoms with Gasteiger partial charge in [-0.25, -0.2) is 8.42 Å². The van der Waals surface area contributed by atoms with Gasteiger partial charge >= 0.3 is 0 Å². The predicted octanol–water partition coefficient (Wildman–Crippen LogP) is 1.45. The number of sulfone groups is 1. The van der Waals surface area contributed by atoms with Crippen LogP contribution in [-0.2, 0) is 20.4 Å². The summed E-state index contributed by atoms with van der Waals surface area (Å²) < 4.78 is 23.3. The lowest BCUT2D eigenvalue weighted by Crippen LogP contribution is -2.12. The van der Waals surface area contributed by atoms with E-state index >= 15 is 0 Å². The molecule has 0 aliphatic heterocycles. The van der Waals surface area contributed by atoms with Gasteiger partial charge < -0.3 is 0 Å². The molecule has 90 valence electrons. The summed E-state index contributed by atoms with van der Waals surface area (Å²) in [4.78, 5) is 10.7. The van der Waals surface area contributed by atoms with E-state index in [-0.39, 0.29) is 23.7 Å². The van der Waals surface area contributed by atoms with Crippen molar-refractivity contribution in [3.05, 3.63) is 35.4 Å². The highest BCUT2D eigenvalue weighted by molar-refractivity contribution is 7.90. The first-order chi connectivity index (χ1) is 7.93. The maximum atomic E-state index is 11.7. The standard InChI is InChI=1S/C12H13NO3S/c1-10(14)5-6-17(15,16)9-12-4-2-3-11(7-12)8-13/h2-4,7H,5-6,9H2,1H3. The Balaban J connectivity index is 2.76. The molecule has 1 rings (SSSR count). The van der Waals surface area contributed by atoms with Gasteiger partial charge in [0.15, 0.2) is 9.84 Å². The van der Waals surface area contributed by atoms with Crippen LogP contribution in [0.2, 0.25) is 0 Å². The molecule has 0 aromatic heterocycles. The number of rotatable bonds is 5.